The van der Waals surface area contributed by atoms with E-state index in [1.165, 1.54) is 10.6 Å². The van der Waals surface area contributed by atoms with Gasteiger partial charge in [0, 0.05) is 36.1 Å². The summed E-state index contributed by atoms with van der Waals surface area (Å²) in [5.74, 6) is -0.154. The first-order valence-corrected chi connectivity index (χ1v) is 11.8. The van der Waals surface area contributed by atoms with Gasteiger partial charge in [-0.1, -0.05) is 6.07 Å². The van der Waals surface area contributed by atoms with Crippen molar-refractivity contribution in [1.29, 1.82) is 0 Å². The minimum absolute atomic E-state index is 0.00811. The van der Waals surface area contributed by atoms with Crippen LogP contribution >= 0.6 is 11.3 Å². The Morgan fingerprint density at radius 2 is 2.07 bits per heavy atom. The molecule has 0 aromatic carbocycles. The topological polar surface area (TPSA) is 84.3 Å². The smallest absolute Gasteiger partial charge is 0.223 e. The van der Waals surface area contributed by atoms with Crippen LogP contribution in [0.5, 0.6) is 0 Å². The molecule has 2 aromatic heterocycles. The van der Waals surface area contributed by atoms with Gasteiger partial charge in [-0.2, -0.15) is 5.10 Å². The van der Waals surface area contributed by atoms with Crippen molar-refractivity contribution >= 4 is 27.3 Å². The van der Waals surface area contributed by atoms with Crippen LogP contribution in [0.3, 0.4) is 0 Å². The van der Waals surface area contributed by atoms with Crippen molar-refractivity contribution in [3.05, 3.63) is 39.8 Å². The lowest BCUT2D eigenvalue weighted by atomic mass is 9.97. The van der Waals surface area contributed by atoms with E-state index in [0.29, 0.717) is 32.5 Å². The lowest BCUT2D eigenvalue weighted by Crippen LogP contribution is -2.43. The minimum Gasteiger partial charge on any atom is -0.353 e. The highest BCUT2D eigenvalue weighted by Gasteiger charge is 2.29. The number of hydrogen-bond donors (Lipinski definition) is 1. The van der Waals surface area contributed by atoms with Gasteiger partial charge in [0.15, 0.2) is 0 Å². The van der Waals surface area contributed by atoms with Gasteiger partial charge in [-0.25, -0.2) is 12.7 Å². The molecule has 27 heavy (non-hydrogen) atoms. The van der Waals surface area contributed by atoms with Gasteiger partial charge in [0.25, 0.3) is 0 Å². The number of thiophene rings is 1. The molecule has 0 spiro atoms. The van der Waals surface area contributed by atoms with E-state index in [2.05, 4.69) is 16.5 Å². The van der Waals surface area contributed by atoms with Crippen LogP contribution in [0, 0.1) is 19.8 Å². The van der Waals surface area contributed by atoms with Crippen LogP contribution in [0.2, 0.25) is 0 Å². The van der Waals surface area contributed by atoms with Gasteiger partial charge in [0.1, 0.15) is 6.04 Å². The second kappa shape index (κ2) is 8.12. The van der Waals surface area contributed by atoms with Gasteiger partial charge in [-0.05, 0) is 44.2 Å². The molecule has 7 nitrogen and oxygen atoms in total. The number of aryl methyl sites for hydroxylation is 2. The molecule has 1 fully saturated rings. The number of aromatic nitrogens is 2. The Hall–Kier alpha value is -1.71. The van der Waals surface area contributed by atoms with Gasteiger partial charge in [0.2, 0.25) is 15.9 Å². The summed E-state index contributed by atoms with van der Waals surface area (Å²) in [5, 5.41) is 9.69. The molecule has 148 valence electrons. The summed E-state index contributed by atoms with van der Waals surface area (Å²) in [6.07, 6.45) is 2.33. The number of carbonyl (C=O) groups is 1. The van der Waals surface area contributed by atoms with E-state index in [0.717, 1.165) is 16.3 Å². The number of nitrogens with one attached hydrogen (secondary N) is 1. The third kappa shape index (κ3) is 4.77. The highest BCUT2D eigenvalue weighted by Crippen LogP contribution is 2.25. The highest BCUT2D eigenvalue weighted by atomic mass is 32.2. The Morgan fingerprint density at radius 3 is 2.59 bits per heavy atom. The molecule has 1 aliphatic rings. The van der Waals surface area contributed by atoms with E-state index in [1.807, 2.05) is 36.0 Å². The molecule has 0 saturated carbocycles. The van der Waals surface area contributed by atoms with E-state index >= 15 is 0 Å². The summed E-state index contributed by atoms with van der Waals surface area (Å²) in [5.41, 5.74) is 2.01. The highest BCUT2D eigenvalue weighted by molar-refractivity contribution is 7.88. The Labute approximate surface area is 164 Å². The zero-order valence-corrected chi connectivity index (χ0v) is 17.5. The number of piperidine rings is 1. The first kappa shape index (κ1) is 20.0. The largest absolute Gasteiger partial charge is 0.353 e. The predicted octanol–water partition coefficient (Wildman–Crippen LogP) is 1.94. The fraction of sp³-hybridized carbons (Fsp3) is 0.556. The number of nitrogens with zero attached hydrogens (tertiary/aromatic N) is 3. The predicted molar refractivity (Wildman–Crippen MR) is 106 cm³/mol. The minimum atomic E-state index is -3.18. The van der Waals surface area contributed by atoms with Gasteiger partial charge in [-0.15, -0.1) is 11.3 Å². The molecule has 9 heteroatoms. The molecule has 1 saturated heterocycles. The van der Waals surface area contributed by atoms with E-state index in [4.69, 9.17) is 0 Å². The van der Waals surface area contributed by atoms with E-state index < -0.39 is 10.0 Å². The lowest BCUT2D eigenvalue weighted by molar-refractivity contribution is -0.126. The standard InChI is InChI=1S/C18H26N4O3S2/c1-13-11-14(2)22(20-13)16(17-5-4-10-26-17)12-19-18(23)15-6-8-21(9-7-15)27(3,24)25/h4-5,10-11,15-16H,6-9,12H2,1-3H3,(H,19,23). The van der Waals surface area contributed by atoms with Gasteiger partial charge in [0.05, 0.1) is 11.9 Å². The average Bonchev–Trinajstić information content (AvgIpc) is 3.25. The summed E-state index contributed by atoms with van der Waals surface area (Å²) in [4.78, 5) is 13.8. The van der Waals surface area contributed by atoms with Crippen LogP contribution in [0.15, 0.2) is 23.6 Å². The molecule has 2 aromatic rings. The zero-order valence-electron chi connectivity index (χ0n) is 15.9. The van der Waals surface area contributed by atoms with Crippen molar-refractivity contribution < 1.29 is 13.2 Å². The van der Waals surface area contributed by atoms with Crippen molar-refractivity contribution in [3.63, 3.8) is 0 Å². The van der Waals surface area contributed by atoms with Gasteiger partial charge >= 0.3 is 0 Å². The zero-order chi connectivity index (χ0) is 19.6. The van der Waals surface area contributed by atoms with Crippen LogP contribution < -0.4 is 5.32 Å². The van der Waals surface area contributed by atoms with Crippen LogP contribution in [-0.4, -0.2) is 54.3 Å². The van der Waals surface area contributed by atoms with E-state index in [1.54, 1.807) is 11.3 Å². The first-order chi connectivity index (χ1) is 12.8. The van der Waals surface area contributed by atoms with Crippen molar-refractivity contribution in [1.82, 2.24) is 19.4 Å². The normalized spacial score (nSPS) is 17.7. The van der Waals surface area contributed by atoms with Crippen molar-refractivity contribution in [2.24, 2.45) is 5.92 Å². The molecule has 1 aliphatic heterocycles. The maximum absolute atomic E-state index is 12.6. The molecular formula is C18H26N4O3S2. The monoisotopic (exact) mass is 410 g/mol. The van der Waals surface area contributed by atoms with Crippen LogP contribution in [0.1, 0.15) is 35.1 Å². The van der Waals surface area contributed by atoms with Gasteiger partial charge < -0.3 is 5.32 Å². The second-order valence-electron chi connectivity index (χ2n) is 7.08. The Morgan fingerprint density at radius 1 is 1.37 bits per heavy atom. The van der Waals surface area contributed by atoms with Crippen molar-refractivity contribution in [2.45, 2.75) is 32.7 Å². The molecule has 3 rings (SSSR count). The Kier molecular flexibility index (Phi) is 6.02. The van der Waals surface area contributed by atoms with E-state index in [-0.39, 0.29) is 17.9 Å². The molecular weight excluding hydrogens is 384 g/mol. The molecule has 1 unspecified atom stereocenters. The second-order valence-corrected chi connectivity index (χ2v) is 10.0. The number of sulfonamides is 1. The summed E-state index contributed by atoms with van der Waals surface area (Å²) in [6, 6.07) is 6.05. The molecule has 3 heterocycles. The maximum Gasteiger partial charge on any atom is 0.223 e. The van der Waals surface area contributed by atoms with Crippen molar-refractivity contribution in [3.8, 4) is 0 Å². The molecule has 1 N–H and O–H groups in total. The fourth-order valence-electron chi connectivity index (χ4n) is 3.54. The molecule has 0 bridgehead atoms. The summed E-state index contributed by atoms with van der Waals surface area (Å²) >= 11 is 1.65. The maximum atomic E-state index is 12.6. The van der Waals surface area contributed by atoms with Crippen LogP contribution in [-0.2, 0) is 14.8 Å². The fourth-order valence-corrected chi connectivity index (χ4v) is 5.23. The molecule has 0 radical (unpaired) electrons. The quantitative estimate of drug-likeness (QED) is 0.789. The molecule has 1 atom stereocenters. The third-order valence-electron chi connectivity index (χ3n) is 4.97. The Bertz CT molecular complexity index is 882. The SMILES string of the molecule is Cc1cc(C)n(C(CNC(=O)C2CCN(S(C)(=O)=O)CC2)c2cccs2)n1. The molecule has 0 aliphatic carbocycles. The van der Waals surface area contributed by atoms with Crippen LogP contribution in [0.4, 0.5) is 0 Å². The van der Waals surface area contributed by atoms with Crippen molar-refractivity contribution in [2.75, 3.05) is 25.9 Å². The number of amides is 1. The van der Waals surface area contributed by atoms with Gasteiger partial charge in [-0.3, -0.25) is 9.48 Å². The number of rotatable bonds is 6. The number of hydrogen-bond acceptors (Lipinski definition) is 5. The molecule has 1 amide bonds. The summed E-state index contributed by atoms with van der Waals surface area (Å²) < 4.78 is 26.6. The average molecular weight is 411 g/mol. The Balaban J connectivity index is 1.64. The first-order valence-electron chi connectivity index (χ1n) is 9.04. The number of carbonyl (C=O) groups excluding carboxylic acids is 1. The summed E-state index contributed by atoms with van der Waals surface area (Å²) in [7, 11) is -3.18. The summed E-state index contributed by atoms with van der Waals surface area (Å²) in [6.45, 7) is 5.26. The third-order valence-corrected chi connectivity index (χ3v) is 7.25. The lowest BCUT2D eigenvalue weighted by Gasteiger charge is -2.30. The van der Waals surface area contributed by atoms with Crippen LogP contribution in [0.25, 0.3) is 0 Å². The van der Waals surface area contributed by atoms with E-state index in [9.17, 15) is 13.2 Å².